The smallest absolute Gasteiger partial charge is 0.210 e. The van der Waals surface area contributed by atoms with Crippen LogP contribution >= 0.6 is 22.9 Å². The molecule has 7 heteroatoms. The van der Waals surface area contributed by atoms with Crippen LogP contribution in [0.1, 0.15) is 10.6 Å². The van der Waals surface area contributed by atoms with E-state index in [1.54, 1.807) is 11.3 Å². The van der Waals surface area contributed by atoms with Crippen molar-refractivity contribution in [2.45, 2.75) is 19.9 Å². The summed E-state index contributed by atoms with van der Waals surface area (Å²) in [5.74, 6) is 0. The summed E-state index contributed by atoms with van der Waals surface area (Å²) >= 11 is 7.50. The Morgan fingerprint density at radius 1 is 1.33 bits per heavy atom. The van der Waals surface area contributed by atoms with Crippen LogP contribution in [0.5, 0.6) is 0 Å². The molecule has 108 valence electrons. The van der Waals surface area contributed by atoms with E-state index in [9.17, 15) is 0 Å². The molecule has 0 amide bonds. The molecule has 0 aliphatic heterocycles. The average Bonchev–Trinajstić information content (AvgIpc) is 3.06. The van der Waals surface area contributed by atoms with Crippen molar-refractivity contribution in [1.29, 1.82) is 0 Å². The lowest BCUT2D eigenvalue weighted by molar-refractivity contribution is 0.611. The number of nitrogens with zero attached hydrogens (tertiary/aromatic N) is 4. The van der Waals surface area contributed by atoms with Crippen LogP contribution in [0.25, 0.3) is 0 Å². The summed E-state index contributed by atoms with van der Waals surface area (Å²) < 4.78 is 1.92. The van der Waals surface area contributed by atoms with E-state index in [2.05, 4.69) is 20.6 Å². The minimum absolute atomic E-state index is 0.693. The van der Waals surface area contributed by atoms with Gasteiger partial charge in [-0.3, -0.25) is 4.68 Å². The highest BCUT2D eigenvalue weighted by Gasteiger charge is 2.05. The van der Waals surface area contributed by atoms with Crippen LogP contribution in [0.3, 0.4) is 0 Å². The molecule has 21 heavy (non-hydrogen) atoms. The van der Waals surface area contributed by atoms with Gasteiger partial charge in [-0.15, -0.1) is 10.2 Å². The standard InChI is InChI=1S/C14H14ClN5S/c1-10-8-16-20(9-10)6-5-13-18-19-14(21-13)17-12-4-2-3-11(15)7-12/h2-4,7-9H,5-6H2,1H3,(H,17,19). The van der Waals surface area contributed by atoms with Crippen molar-refractivity contribution in [3.8, 4) is 0 Å². The second kappa shape index (κ2) is 6.24. The molecular weight excluding hydrogens is 306 g/mol. The van der Waals surface area contributed by atoms with Crippen molar-refractivity contribution < 1.29 is 0 Å². The van der Waals surface area contributed by atoms with E-state index in [-0.39, 0.29) is 0 Å². The molecule has 0 spiro atoms. The predicted octanol–water partition coefficient (Wildman–Crippen LogP) is 3.68. The number of nitrogens with one attached hydrogen (secondary N) is 1. The van der Waals surface area contributed by atoms with Gasteiger partial charge in [0, 0.05) is 29.9 Å². The minimum Gasteiger partial charge on any atom is -0.330 e. The molecule has 1 aromatic carbocycles. The summed E-state index contributed by atoms with van der Waals surface area (Å²) in [6.45, 7) is 2.83. The Bertz CT molecular complexity index is 736. The molecule has 0 bridgehead atoms. The molecule has 0 saturated heterocycles. The second-order valence-electron chi connectivity index (χ2n) is 4.67. The SMILES string of the molecule is Cc1cnn(CCc2nnc(Nc3cccc(Cl)c3)s2)c1. The molecule has 0 fully saturated rings. The summed E-state index contributed by atoms with van der Waals surface area (Å²) in [6, 6.07) is 7.53. The highest BCUT2D eigenvalue weighted by atomic mass is 35.5. The lowest BCUT2D eigenvalue weighted by Gasteiger charge is -2.01. The highest BCUT2D eigenvalue weighted by molar-refractivity contribution is 7.15. The summed E-state index contributed by atoms with van der Waals surface area (Å²) in [7, 11) is 0. The molecule has 0 aliphatic rings. The molecule has 5 nitrogen and oxygen atoms in total. The summed E-state index contributed by atoms with van der Waals surface area (Å²) in [5, 5.41) is 18.2. The van der Waals surface area contributed by atoms with E-state index in [0.717, 1.165) is 34.4 Å². The fourth-order valence-electron chi connectivity index (χ4n) is 1.89. The van der Waals surface area contributed by atoms with Crippen LogP contribution in [-0.2, 0) is 13.0 Å². The van der Waals surface area contributed by atoms with Gasteiger partial charge in [0.25, 0.3) is 0 Å². The van der Waals surface area contributed by atoms with Crippen molar-refractivity contribution in [3.05, 3.63) is 52.3 Å². The molecule has 2 aromatic heterocycles. The lowest BCUT2D eigenvalue weighted by Crippen LogP contribution is -2.01. The number of halogens is 1. The first-order chi connectivity index (χ1) is 10.2. The van der Waals surface area contributed by atoms with Gasteiger partial charge in [0.05, 0.1) is 6.20 Å². The van der Waals surface area contributed by atoms with Gasteiger partial charge >= 0.3 is 0 Å². The summed E-state index contributed by atoms with van der Waals surface area (Å²) in [6.07, 6.45) is 4.69. The summed E-state index contributed by atoms with van der Waals surface area (Å²) in [5.41, 5.74) is 2.07. The monoisotopic (exact) mass is 319 g/mol. The first-order valence-corrected chi connectivity index (χ1v) is 7.72. The van der Waals surface area contributed by atoms with Crippen molar-refractivity contribution in [3.63, 3.8) is 0 Å². The maximum Gasteiger partial charge on any atom is 0.210 e. The fraction of sp³-hybridized carbons (Fsp3) is 0.214. The first kappa shape index (κ1) is 14.0. The Balaban J connectivity index is 1.61. The van der Waals surface area contributed by atoms with Crippen LogP contribution < -0.4 is 5.32 Å². The van der Waals surface area contributed by atoms with Crippen molar-refractivity contribution in [2.24, 2.45) is 0 Å². The first-order valence-electron chi connectivity index (χ1n) is 6.53. The number of aromatic nitrogens is 4. The van der Waals surface area contributed by atoms with Crippen LogP contribution in [0.4, 0.5) is 10.8 Å². The molecule has 0 atom stereocenters. The average molecular weight is 320 g/mol. The van der Waals surface area contributed by atoms with E-state index in [0.29, 0.717) is 5.02 Å². The zero-order valence-electron chi connectivity index (χ0n) is 11.5. The number of benzene rings is 1. The largest absolute Gasteiger partial charge is 0.330 e. The van der Waals surface area contributed by atoms with Gasteiger partial charge in [-0.2, -0.15) is 5.10 Å². The maximum atomic E-state index is 5.95. The molecular formula is C14H14ClN5S. The highest BCUT2D eigenvalue weighted by Crippen LogP contribution is 2.23. The van der Waals surface area contributed by atoms with Crippen molar-refractivity contribution >= 4 is 33.8 Å². The van der Waals surface area contributed by atoms with E-state index in [1.165, 1.54) is 0 Å². The lowest BCUT2D eigenvalue weighted by atomic mass is 10.3. The molecule has 3 aromatic rings. The Morgan fingerprint density at radius 2 is 2.24 bits per heavy atom. The van der Waals surface area contributed by atoms with Gasteiger partial charge < -0.3 is 5.32 Å². The van der Waals surface area contributed by atoms with Crippen molar-refractivity contribution in [1.82, 2.24) is 20.0 Å². The maximum absolute atomic E-state index is 5.95. The fourth-order valence-corrected chi connectivity index (χ4v) is 2.83. The van der Waals surface area contributed by atoms with E-state index >= 15 is 0 Å². The van der Waals surface area contributed by atoms with Crippen molar-refractivity contribution in [2.75, 3.05) is 5.32 Å². The third-order valence-electron chi connectivity index (χ3n) is 2.86. The molecule has 1 N–H and O–H groups in total. The predicted molar refractivity (Wildman–Crippen MR) is 85.3 cm³/mol. The molecule has 3 rings (SSSR count). The summed E-state index contributed by atoms with van der Waals surface area (Å²) in [4.78, 5) is 0. The Kier molecular flexibility index (Phi) is 4.17. The Hall–Kier alpha value is -1.92. The number of hydrogen-bond donors (Lipinski definition) is 1. The van der Waals surface area contributed by atoms with E-state index in [4.69, 9.17) is 11.6 Å². The molecule has 0 saturated carbocycles. The van der Waals surface area contributed by atoms with Crippen LogP contribution in [0.15, 0.2) is 36.7 Å². The minimum atomic E-state index is 0.693. The topological polar surface area (TPSA) is 55.6 Å². The zero-order chi connectivity index (χ0) is 14.7. The van der Waals surface area contributed by atoms with Gasteiger partial charge in [0.1, 0.15) is 5.01 Å². The molecule has 2 heterocycles. The van der Waals surface area contributed by atoms with Gasteiger partial charge in [0.15, 0.2) is 0 Å². The quantitative estimate of drug-likeness (QED) is 0.779. The van der Waals surface area contributed by atoms with E-state index < -0.39 is 0 Å². The van der Waals surface area contributed by atoms with Gasteiger partial charge in [0.2, 0.25) is 5.13 Å². The molecule has 0 unspecified atom stereocenters. The number of rotatable bonds is 5. The third kappa shape index (κ3) is 3.80. The van der Waals surface area contributed by atoms with Crippen LogP contribution in [0, 0.1) is 6.92 Å². The molecule has 0 aliphatic carbocycles. The van der Waals surface area contributed by atoms with Gasteiger partial charge in [-0.25, -0.2) is 0 Å². The van der Waals surface area contributed by atoms with Crippen LogP contribution in [-0.4, -0.2) is 20.0 Å². The normalized spacial score (nSPS) is 10.8. The number of anilines is 2. The Morgan fingerprint density at radius 3 is 3.00 bits per heavy atom. The second-order valence-corrected chi connectivity index (χ2v) is 6.17. The van der Waals surface area contributed by atoms with E-state index in [1.807, 2.05) is 48.3 Å². The Labute approximate surface area is 131 Å². The molecule has 0 radical (unpaired) electrons. The van der Waals surface area contributed by atoms with Crippen LogP contribution in [0.2, 0.25) is 5.02 Å². The number of aryl methyl sites for hydroxylation is 3. The zero-order valence-corrected chi connectivity index (χ0v) is 13.0. The van der Waals surface area contributed by atoms with Gasteiger partial charge in [-0.05, 0) is 30.7 Å². The number of hydrogen-bond acceptors (Lipinski definition) is 5. The van der Waals surface area contributed by atoms with Gasteiger partial charge in [-0.1, -0.05) is 29.0 Å². The third-order valence-corrected chi connectivity index (χ3v) is 3.99.